The van der Waals surface area contributed by atoms with Gasteiger partial charge in [0.25, 0.3) is 0 Å². The van der Waals surface area contributed by atoms with E-state index in [1.807, 2.05) is 19.9 Å². The van der Waals surface area contributed by atoms with Crippen molar-refractivity contribution < 1.29 is 14.3 Å². The van der Waals surface area contributed by atoms with Gasteiger partial charge >= 0.3 is 5.97 Å². The van der Waals surface area contributed by atoms with Gasteiger partial charge in [-0.3, -0.25) is 9.59 Å². The lowest BCUT2D eigenvalue weighted by Crippen LogP contribution is -2.56. The van der Waals surface area contributed by atoms with Crippen LogP contribution < -0.4 is 0 Å². The number of carbonyl (C=O) groups excluding carboxylic acids is 2. The number of ketones is 1. The van der Waals surface area contributed by atoms with Crippen LogP contribution in [0.2, 0.25) is 0 Å². The van der Waals surface area contributed by atoms with Crippen LogP contribution in [0.4, 0.5) is 0 Å². The normalized spacial score (nSPS) is 41.8. The Balaban J connectivity index is 2.41. The maximum absolute atomic E-state index is 12.6. The predicted octanol–water partition coefficient (Wildman–Crippen LogP) is 2.52. The van der Waals surface area contributed by atoms with E-state index in [0.29, 0.717) is 12.8 Å². The third-order valence-electron chi connectivity index (χ3n) is 4.75. The first-order valence-electron chi connectivity index (χ1n) is 6.32. The summed E-state index contributed by atoms with van der Waals surface area (Å²) in [5.41, 5.74) is -1.11. The molecule has 0 radical (unpaired) electrons. The predicted molar refractivity (Wildman–Crippen MR) is 68.8 cm³/mol. The van der Waals surface area contributed by atoms with Gasteiger partial charge in [0.1, 0.15) is 5.78 Å². The van der Waals surface area contributed by atoms with E-state index in [-0.39, 0.29) is 23.6 Å². The molecule has 2 bridgehead atoms. The first kappa shape index (κ1) is 13.1. The molecule has 4 atom stereocenters. The molecular formula is C15H20O3. The molecule has 1 fully saturated rings. The van der Waals surface area contributed by atoms with Crippen molar-refractivity contribution in [1.82, 2.24) is 0 Å². The zero-order valence-electron chi connectivity index (χ0n) is 11.2. The average Bonchev–Trinajstić information content (AvgIpc) is 2.35. The van der Waals surface area contributed by atoms with Gasteiger partial charge in [0.2, 0.25) is 0 Å². The van der Waals surface area contributed by atoms with Gasteiger partial charge in [0.05, 0.1) is 18.4 Å². The van der Waals surface area contributed by atoms with E-state index in [0.717, 1.165) is 0 Å². The number of carbonyl (C=O) groups is 2. The van der Waals surface area contributed by atoms with Crippen LogP contribution in [0.5, 0.6) is 0 Å². The van der Waals surface area contributed by atoms with Crippen molar-refractivity contribution in [2.45, 2.75) is 26.7 Å². The molecule has 3 rings (SSSR count). The smallest absolute Gasteiger partial charge is 0.312 e. The number of esters is 1. The van der Waals surface area contributed by atoms with Crippen LogP contribution in [0.15, 0.2) is 24.8 Å². The van der Waals surface area contributed by atoms with Crippen LogP contribution in [0.1, 0.15) is 26.7 Å². The molecule has 18 heavy (non-hydrogen) atoms. The number of allylic oxidation sites excluding steroid dienone is 3. The Bertz CT molecular complexity index is 437. The summed E-state index contributed by atoms with van der Waals surface area (Å²) in [6.07, 6.45) is 7.10. The molecule has 3 aliphatic carbocycles. The highest BCUT2D eigenvalue weighted by atomic mass is 16.5. The fraction of sp³-hybridized carbons (Fsp3) is 0.600. The number of methoxy groups -OCH3 is 1. The summed E-state index contributed by atoms with van der Waals surface area (Å²) in [4.78, 5) is 24.6. The number of Topliss-reactive ketones (excluding diaryl/α,β-unsaturated/α-hetero) is 1. The lowest BCUT2D eigenvalue weighted by Gasteiger charge is -2.52. The van der Waals surface area contributed by atoms with E-state index in [9.17, 15) is 9.59 Å². The minimum atomic E-state index is -0.702. The molecule has 3 aliphatic rings. The molecule has 0 saturated heterocycles. The number of hydrogen-bond donors (Lipinski definition) is 0. The van der Waals surface area contributed by atoms with Crippen LogP contribution in [-0.2, 0) is 14.3 Å². The SMILES string of the molecule is C=CC[C@]1(C)C(=O)C2C=CC1C[C@@]2(C)C(=O)OC. The van der Waals surface area contributed by atoms with Crippen LogP contribution in [-0.4, -0.2) is 18.9 Å². The second-order valence-corrected chi connectivity index (χ2v) is 5.86. The van der Waals surface area contributed by atoms with Gasteiger partial charge in [-0.1, -0.05) is 25.2 Å². The summed E-state index contributed by atoms with van der Waals surface area (Å²) < 4.78 is 4.88. The highest BCUT2D eigenvalue weighted by molar-refractivity contribution is 5.96. The summed E-state index contributed by atoms with van der Waals surface area (Å²) in [6, 6.07) is 0. The first-order chi connectivity index (χ1) is 8.40. The summed E-state index contributed by atoms with van der Waals surface area (Å²) in [5, 5.41) is 0. The van der Waals surface area contributed by atoms with E-state index in [4.69, 9.17) is 4.74 Å². The van der Waals surface area contributed by atoms with Crippen molar-refractivity contribution in [3.63, 3.8) is 0 Å². The van der Waals surface area contributed by atoms with Gasteiger partial charge in [0.15, 0.2) is 0 Å². The van der Waals surface area contributed by atoms with Crippen molar-refractivity contribution in [3.05, 3.63) is 24.8 Å². The van der Waals surface area contributed by atoms with Gasteiger partial charge in [-0.2, -0.15) is 0 Å². The Hall–Kier alpha value is -1.38. The zero-order chi connectivity index (χ0) is 13.6. The molecule has 0 aromatic carbocycles. The van der Waals surface area contributed by atoms with Gasteiger partial charge in [-0.25, -0.2) is 0 Å². The third-order valence-corrected chi connectivity index (χ3v) is 4.75. The highest BCUT2D eigenvalue weighted by Gasteiger charge is 2.60. The highest BCUT2D eigenvalue weighted by Crippen LogP contribution is 2.56. The fourth-order valence-electron chi connectivity index (χ4n) is 3.46. The Kier molecular flexibility index (Phi) is 2.96. The standard InChI is InChI=1S/C15H20O3/c1-5-8-14(2)10-6-7-11(12(14)16)15(3,9-10)13(17)18-4/h5-7,10-11H,1,8-9H2,2-4H3/t10?,11?,14-,15+/m0/s1. The molecule has 0 N–H and O–H groups in total. The minimum Gasteiger partial charge on any atom is -0.469 e. The second-order valence-electron chi connectivity index (χ2n) is 5.86. The van der Waals surface area contributed by atoms with Gasteiger partial charge in [-0.15, -0.1) is 6.58 Å². The van der Waals surface area contributed by atoms with Crippen molar-refractivity contribution in [1.29, 1.82) is 0 Å². The quantitative estimate of drug-likeness (QED) is 0.569. The van der Waals surface area contributed by atoms with E-state index < -0.39 is 10.8 Å². The maximum Gasteiger partial charge on any atom is 0.312 e. The number of rotatable bonds is 3. The summed E-state index contributed by atoms with van der Waals surface area (Å²) in [7, 11) is 1.38. The van der Waals surface area contributed by atoms with E-state index in [2.05, 4.69) is 12.7 Å². The monoisotopic (exact) mass is 248 g/mol. The Labute approximate surface area is 108 Å². The number of ether oxygens (including phenoxy) is 1. The molecule has 0 aliphatic heterocycles. The lowest BCUT2D eigenvalue weighted by atomic mass is 9.49. The number of fused-ring (bicyclic) bond motifs is 2. The molecule has 2 unspecified atom stereocenters. The largest absolute Gasteiger partial charge is 0.469 e. The van der Waals surface area contributed by atoms with Crippen molar-refractivity contribution >= 4 is 11.8 Å². The lowest BCUT2D eigenvalue weighted by molar-refractivity contribution is -0.167. The zero-order valence-corrected chi connectivity index (χ0v) is 11.2. The third kappa shape index (κ3) is 1.49. The molecule has 0 heterocycles. The summed E-state index contributed by atoms with van der Waals surface area (Å²) in [5.74, 6) is -0.401. The molecule has 1 saturated carbocycles. The summed E-state index contributed by atoms with van der Waals surface area (Å²) >= 11 is 0. The topological polar surface area (TPSA) is 43.4 Å². The molecule has 0 aromatic rings. The molecular weight excluding hydrogens is 228 g/mol. The van der Waals surface area contributed by atoms with Crippen LogP contribution in [0.25, 0.3) is 0 Å². The maximum atomic E-state index is 12.6. The van der Waals surface area contributed by atoms with Gasteiger partial charge in [-0.05, 0) is 25.7 Å². The fourth-order valence-corrected chi connectivity index (χ4v) is 3.46. The Morgan fingerprint density at radius 1 is 1.56 bits per heavy atom. The van der Waals surface area contributed by atoms with E-state index in [1.54, 1.807) is 6.08 Å². The summed E-state index contributed by atoms with van der Waals surface area (Å²) in [6.45, 7) is 7.56. The molecule has 0 aromatic heterocycles. The van der Waals surface area contributed by atoms with Gasteiger partial charge < -0.3 is 4.74 Å². The van der Waals surface area contributed by atoms with Crippen LogP contribution in [0, 0.1) is 22.7 Å². The van der Waals surface area contributed by atoms with Crippen molar-refractivity contribution in [2.75, 3.05) is 7.11 Å². The average molecular weight is 248 g/mol. The minimum absolute atomic E-state index is 0.0945. The molecule has 0 amide bonds. The first-order valence-corrected chi connectivity index (χ1v) is 6.32. The van der Waals surface area contributed by atoms with Crippen molar-refractivity contribution in [2.24, 2.45) is 22.7 Å². The number of hydrogen-bond acceptors (Lipinski definition) is 3. The van der Waals surface area contributed by atoms with Crippen LogP contribution >= 0.6 is 0 Å². The Morgan fingerprint density at radius 2 is 2.22 bits per heavy atom. The molecule has 3 nitrogen and oxygen atoms in total. The molecule has 0 spiro atoms. The molecule has 3 heteroatoms. The van der Waals surface area contributed by atoms with E-state index in [1.165, 1.54) is 7.11 Å². The second kappa shape index (κ2) is 4.08. The Morgan fingerprint density at radius 3 is 2.72 bits per heavy atom. The van der Waals surface area contributed by atoms with Crippen molar-refractivity contribution in [3.8, 4) is 0 Å². The van der Waals surface area contributed by atoms with E-state index >= 15 is 0 Å². The molecule has 98 valence electrons. The van der Waals surface area contributed by atoms with Gasteiger partial charge in [0, 0.05) is 5.41 Å². The van der Waals surface area contributed by atoms with Crippen LogP contribution in [0.3, 0.4) is 0 Å².